The molecule has 1 aromatic carbocycles. The fourth-order valence-corrected chi connectivity index (χ4v) is 3.87. The molecule has 6 heteroatoms. The van der Waals surface area contributed by atoms with Crippen LogP contribution >= 0.6 is 0 Å². The van der Waals surface area contributed by atoms with Gasteiger partial charge in [0.05, 0.1) is 18.9 Å². The van der Waals surface area contributed by atoms with E-state index in [1.807, 2.05) is 6.07 Å². The maximum atomic E-state index is 5.88. The molecular weight excluding hydrogens is 352 g/mol. The molecule has 28 heavy (non-hydrogen) atoms. The van der Waals surface area contributed by atoms with Gasteiger partial charge < -0.3 is 19.3 Å². The molecule has 2 aliphatic heterocycles. The van der Waals surface area contributed by atoms with Gasteiger partial charge in [0, 0.05) is 51.2 Å². The van der Waals surface area contributed by atoms with Gasteiger partial charge in [0.25, 0.3) is 0 Å². The molecule has 2 fully saturated rings. The van der Waals surface area contributed by atoms with Crippen LogP contribution in [0.3, 0.4) is 0 Å². The average Bonchev–Trinajstić information content (AvgIpc) is 3.20. The minimum atomic E-state index is -0.369. The summed E-state index contributed by atoms with van der Waals surface area (Å²) in [6.45, 7) is 6.33. The second-order valence-electron chi connectivity index (χ2n) is 7.65. The summed E-state index contributed by atoms with van der Waals surface area (Å²) in [7, 11) is 2.08. The van der Waals surface area contributed by atoms with Crippen LogP contribution < -0.4 is 9.80 Å². The summed E-state index contributed by atoms with van der Waals surface area (Å²) in [6, 6.07) is 12.5. The van der Waals surface area contributed by atoms with E-state index in [2.05, 4.69) is 54.1 Å². The minimum Gasteiger partial charge on any atom is -0.356 e. The lowest BCUT2D eigenvalue weighted by Gasteiger charge is -2.38. The molecule has 1 spiro atoms. The Morgan fingerprint density at radius 2 is 1.79 bits per heavy atom. The Kier molecular flexibility index (Phi) is 5.78. The molecule has 3 heterocycles. The van der Waals surface area contributed by atoms with Gasteiger partial charge in [-0.25, -0.2) is 4.98 Å². The number of nitrogens with zero attached hydrogens (tertiary/aromatic N) is 4. The first-order chi connectivity index (χ1) is 13.7. The van der Waals surface area contributed by atoms with E-state index in [9.17, 15) is 0 Å². The van der Waals surface area contributed by atoms with Crippen molar-refractivity contribution in [3.8, 4) is 11.3 Å². The zero-order valence-electron chi connectivity index (χ0n) is 16.9. The summed E-state index contributed by atoms with van der Waals surface area (Å²) in [5, 5.41) is 0. The molecule has 0 unspecified atom stereocenters. The number of hydrogen-bond donors (Lipinski definition) is 0. The topological polar surface area (TPSA) is 50.7 Å². The number of rotatable bonds is 6. The standard InChI is InChI=1S/C22H30N4O2/c1-3-4-12-25(2)21-23-19(18-8-6-5-7-9-18)17-20(24-21)26-13-10-22(11-14-26)27-15-16-28-22/h5-9,17H,3-4,10-16H2,1-2H3. The molecule has 0 N–H and O–H groups in total. The van der Waals surface area contributed by atoms with Gasteiger partial charge in [0.15, 0.2) is 5.79 Å². The second-order valence-corrected chi connectivity index (χ2v) is 7.65. The van der Waals surface area contributed by atoms with Gasteiger partial charge >= 0.3 is 0 Å². The van der Waals surface area contributed by atoms with Crippen molar-refractivity contribution in [1.29, 1.82) is 0 Å². The predicted molar refractivity (Wildman–Crippen MR) is 112 cm³/mol. The first-order valence-corrected chi connectivity index (χ1v) is 10.4. The number of anilines is 2. The molecule has 1 aromatic heterocycles. The van der Waals surface area contributed by atoms with E-state index in [0.29, 0.717) is 13.2 Å². The molecule has 0 atom stereocenters. The van der Waals surface area contributed by atoms with Crippen molar-refractivity contribution < 1.29 is 9.47 Å². The van der Waals surface area contributed by atoms with Crippen LogP contribution in [0.2, 0.25) is 0 Å². The molecule has 0 bridgehead atoms. The van der Waals surface area contributed by atoms with Gasteiger partial charge in [-0.3, -0.25) is 0 Å². The number of hydrogen-bond acceptors (Lipinski definition) is 6. The van der Waals surface area contributed by atoms with Crippen LogP contribution in [0.4, 0.5) is 11.8 Å². The third-order valence-corrected chi connectivity index (χ3v) is 5.62. The van der Waals surface area contributed by atoms with Gasteiger partial charge in [-0.15, -0.1) is 0 Å². The van der Waals surface area contributed by atoms with Crippen molar-refractivity contribution in [2.75, 3.05) is 49.7 Å². The van der Waals surface area contributed by atoms with Crippen LogP contribution in [0.1, 0.15) is 32.6 Å². The first-order valence-electron chi connectivity index (χ1n) is 10.4. The molecule has 0 amide bonds. The number of benzene rings is 1. The monoisotopic (exact) mass is 382 g/mol. The lowest BCUT2D eigenvalue weighted by Crippen LogP contribution is -2.45. The molecule has 150 valence electrons. The Hall–Kier alpha value is -2.18. The van der Waals surface area contributed by atoms with E-state index in [-0.39, 0.29) is 5.79 Å². The highest BCUT2D eigenvalue weighted by molar-refractivity contribution is 5.65. The summed E-state index contributed by atoms with van der Waals surface area (Å²) in [4.78, 5) is 14.3. The molecule has 2 saturated heterocycles. The van der Waals surface area contributed by atoms with Crippen molar-refractivity contribution in [3.05, 3.63) is 36.4 Å². The quantitative estimate of drug-likeness (QED) is 0.759. The summed E-state index contributed by atoms with van der Waals surface area (Å²) < 4.78 is 11.8. The maximum absolute atomic E-state index is 5.88. The predicted octanol–water partition coefficient (Wildman–Crippen LogP) is 3.72. The van der Waals surface area contributed by atoms with Gasteiger partial charge in [-0.2, -0.15) is 4.98 Å². The lowest BCUT2D eigenvalue weighted by atomic mass is 10.0. The molecule has 4 rings (SSSR count). The van der Waals surface area contributed by atoms with E-state index in [4.69, 9.17) is 19.4 Å². The molecule has 0 radical (unpaired) electrons. The third-order valence-electron chi connectivity index (χ3n) is 5.62. The van der Waals surface area contributed by atoms with Crippen LogP contribution in [-0.2, 0) is 9.47 Å². The van der Waals surface area contributed by atoms with Crippen LogP contribution in [0.25, 0.3) is 11.3 Å². The minimum absolute atomic E-state index is 0.369. The Bertz CT molecular complexity index is 767. The van der Waals surface area contributed by atoms with Crippen LogP contribution in [-0.4, -0.2) is 55.7 Å². The van der Waals surface area contributed by atoms with E-state index in [0.717, 1.165) is 68.3 Å². The van der Waals surface area contributed by atoms with Crippen LogP contribution in [0.5, 0.6) is 0 Å². The Balaban J connectivity index is 1.60. The lowest BCUT2D eigenvalue weighted by molar-refractivity contribution is -0.169. The maximum Gasteiger partial charge on any atom is 0.227 e. The third kappa shape index (κ3) is 4.13. The van der Waals surface area contributed by atoms with Crippen molar-refractivity contribution >= 4 is 11.8 Å². The summed E-state index contributed by atoms with van der Waals surface area (Å²) in [5.74, 6) is 1.41. The largest absolute Gasteiger partial charge is 0.356 e. The second kappa shape index (κ2) is 8.45. The number of unbranched alkanes of at least 4 members (excludes halogenated alkanes) is 1. The zero-order chi connectivity index (χ0) is 19.4. The van der Waals surface area contributed by atoms with Gasteiger partial charge in [-0.05, 0) is 6.42 Å². The van der Waals surface area contributed by atoms with Gasteiger partial charge in [-0.1, -0.05) is 43.7 Å². The SMILES string of the molecule is CCCCN(C)c1nc(-c2ccccc2)cc(N2CCC3(CC2)OCCO3)n1. The van der Waals surface area contributed by atoms with E-state index < -0.39 is 0 Å². The molecule has 2 aliphatic rings. The highest BCUT2D eigenvalue weighted by atomic mass is 16.7. The van der Waals surface area contributed by atoms with E-state index in [1.54, 1.807) is 0 Å². The number of piperidine rings is 1. The fraction of sp³-hybridized carbons (Fsp3) is 0.545. The highest BCUT2D eigenvalue weighted by Crippen LogP contribution is 2.34. The molecule has 2 aromatic rings. The Labute approximate surface area is 167 Å². The molecule has 0 saturated carbocycles. The van der Waals surface area contributed by atoms with E-state index in [1.165, 1.54) is 0 Å². The highest BCUT2D eigenvalue weighted by Gasteiger charge is 2.40. The fourth-order valence-electron chi connectivity index (χ4n) is 3.87. The number of aromatic nitrogens is 2. The Morgan fingerprint density at radius 1 is 1.07 bits per heavy atom. The zero-order valence-corrected chi connectivity index (χ0v) is 16.9. The first kappa shape index (κ1) is 19.2. The normalized spacial score (nSPS) is 18.6. The number of ether oxygens (including phenoxy) is 2. The average molecular weight is 383 g/mol. The van der Waals surface area contributed by atoms with Crippen molar-refractivity contribution in [2.24, 2.45) is 0 Å². The smallest absolute Gasteiger partial charge is 0.227 e. The van der Waals surface area contributed by atoms with Crippen LogP contribution in [0.15, 0.2) is 36.4 Å². The molecular formula is C22H30N4O2. The van der Waals surface area contributed by atoms with E-state index >= 15 is 0 Å². The molecule has 0 aliphatic carbocycles. The van der Waals surface area contributed by atoms with Crippen molar-refractivity contribution in [1.82, 2.24) is 9.97 Å². The van der Waals surface area contributed by atoms with Gasteiger partial charge in [0.1, 0.15) is 5.82 Å². The van der Waals surface area contributed by atoms with Crippen molar-refractivity contribution in [3.63, 3.8) is 0 Å². The summed E-state index contributed by atoms with van der Waals surface area (Å²) >= 11 is 0. The van der Waals surface area contributed by atoms with Crippen LogP contribution in [0, 0.1) is 0 Å². The summed E-state index contributed by atoms with van der Waals surface area (Å²) in [6.07, 6.45) is 4.03. The summed E-state index contributed by atoms with van der Waals surface area (Å²) in [5.41, 5.74) is 2.09. The van der Waals surface area contributed by atoms with Crippen molar-refractivity contribution in [2.45, 2.75) is 38.4 Å². The van der Waals surface area contributed by atoms with Gasteiger partial charge in [0.2, 0.25) is 5.95 Å². The Morgan fingerprint density at radius 3 is 2.46 bits per heavy atom. The molecule has 6 nitrogen and oxygen atoms in total.